The Kier molecular flexibility index (Phi) is 4.13. The Morgan fingerprint density at radius 3 is 2.93 bits per heavy atom. The van der Waals surface area contributed by atoms with Crippen LogP contribution in [0.5, 0.6) is 5.75 Å². The Morgan fingerprint density at radius 2 is 2.29 bits per heavy atom. The van der Waals surface area contributed by atoms with Gasteiger partial charge in [-0.25, -0.2) is 0 Å². The van der Waals surface area contributed by atoms with Crippen LogP contribution >= 0.6 is 0 Å². The quantitative estimate of drug-likeness (QED) is 0.736. The van der Waals surface area contributed by atoms with Gasteiger partial charge in [0.25, 0.3) is 0 Å². The minimum absolute atomic E-state index is 0.137. The first-order valence-electron chi connectivity index (χ1n) is 4.72. The molecule has 0 radical (unpaired) electrons. The van der Waals surface area contributed by atoms with Crippen LogP contribution in [0.15, 0.2) is 24.3 Å². The van der Waals surface area contributed by atoms with E-state index in [0.717, 1.165) is 12.1 Å². The van der Waals surface area contributed by atoms with Gasteiger partial charge in [0.2, 0.25) is 0 Å². The lowest BCUT2D eigenvalue weighted by Gasteiger charge is -2.02. The topological polar surface area (TPSA) is 49.3 Å². The highest BCUT2D eigenvalue weighted by Gasteiger charge is 2.02. The second-order valence-electron chi connectivity index (χ2n) is 3.17. The predicted octanol–water partition coefficient (Wildman–Crippen LogP) is 1.11. The standard InChI is InChI=1S/C11H15NO2/c1-2-12-8-11(14)7-9-4-3-5-10(13)6-9/h3-6,12-13H,2,7-8H2,1H3. The highest BCUT2D eigenvalue weighted by Crippen LogP contribution is 2.11. The van der Waals surface area contributed by atoms with Gasteiger partial charge in [-0.3, -0.25) is 4.79 Å². The molecular formula is C11H15NO2. The molecule has 0 bridgehead atoms. The van der Waals surface area contributed by atoms with Gasteiger partial charge in [-0.15, -0.1) is 0 Å². The van der Waals surface area contributed by atoms with Gasteiger partial charge < -0.3 is 10.4 Å². The number of benzene rings is 1. The van der Waals surface area contributed by atoms with E-state index in [9.17, 15) is 9.90 Å². The van der Waals surface area contributed by atoms with Gasteiger partial charge >= 0.3 is 0 Å². The van der Waals surface area contributed by atoms with Crippen molar-refractivity contribution in [2.24, 2.45) is 0 Å². The van der Waals surface area contributed by atoms with Gasteiger partial charge in [0.1, 0.15) is 5.75 Å². The number of phenolic OH excluding ortho intramolecular Hbond substituents is 1. The van der Waals surface area contributed by atoms with Crippen molar-refractivity contribution < 1.29 is 9.90 Å². The van der Waals surface area contributed by atoms with Crippen LogP contribution in [0.4, 0.5) is 0 Å². The number of nitrogens with one attached hydrogen (secondary N) is 1. The maximum Gasteiger partial charge on any atom is 0.150 e. The van der Waals surface area contributed by atoms with E-state index < -0.39 is 0 Å². The number of aromatic hydroxyl groups is 1. The molecule has 76 valence electrons. The smallest absolute Gasteiger partial charge is 0.150 e. The predicted molar refractivity (Wildman–Crippen MR) is 55.4 cm³/mol. The van der Waals surface area contributed by atoms with E-state index in [-0.39, 0.29) is 11.5 Å². The highest BCUT2D eigenvalue weighted by molar-refractivity contribution is 5.82. The molecule has 0 saturated heterocycles. The zero-order chi connectivity index (χ0) is 10.4. The van der Waals surface area contributed by atoms with Crippen molar-refractivity contribution in [3.05, 3.63) is 29.8 Å². The molecule has 0 amide bonds. The molecule has 0 spiro atoms. The van der Waals surface area contributed by atoms with Crippen LogP contribution in [0.25, 0.3) is 0 Å². The summed E-state index contributed by atoms with van der Waals surface area (Å²) in [6, 6.07) is 6.79. The van der Waals surface area contributed by atoms with Crippen LogP contribution in [0.3, 0.4) is 0 Å². The first-order chi connectivity index (χ1) is 6.72. The number of carbonyl (C=O) groups excluding carboxylic acids is 1. The monoisotopic (exact) mass is 193 g/mol. The average molecular weight is 193 g/mol. The minimum Gasteiger partial charge on any atom is -0.508 e. The first-order valence-corrected chi connectivity index (χ1v) is 4.72. The van der Waals surface area contributed by atoms with Crippen molar-refractivity contribution in [3.8, 4) is 5.75 Å². The maximum atomic E-state index is 11.3. The lowest BCUT2D eigenvalue weighted by molar-refractivity contribution is -0.117. The number of carbonyl (C=O) groups is 1. The molecule has 3 heteroatoms. The molecule has 1 aromatic rings. The number of hydrogen-bond donors (Lipinski definition) is 2. The molecule has 0 aliphatic heterocycles. The molecule has 0 fully saturated rings. The fraction of sp³-hybridized carbons (Fsp3) is 0.364. The van der Waals surface area contributed by atoms with Crippen LogP contribution in [-0.4, -0.2) is 24.0 Å². The first kappa shape index (κ1) is 10.7. The van der Waals surface area contributed by atoms with Crippen LogP contribution in [0.1, 0.15) is 12.5 Å². The van der Waals surface area contributed by atoms with Gasteiger partial charge in [-0.1, -0.05) is 19.1 Å². The number of rotatable bonds is 5. The zero-order valence-corrected chi connectivity index (χ0v) is 8.29. The van der Waals surface area contributed by atoms with Crippen molar-refractivity contribution >= 4 is 5.78 Å². The number of phenols is 1. The van der Waals surface area contributed by atoms with E-state index in [0.29, 0.717) is 13.0 Å². The summed E-state index contributed by atoms with van der Waals surface area (Å²) in [7, 11) is 0. The van der Waals surface area contributed by atoms with Gasteiger partial charge in [-0.05, 0) is 24.2 Å². The normalized spacial score (nSPS) is 10.1. The Morgan fingerprint density at radius 1 is 1.50 bits per heavy atom. The third kappa shape index (κ3) is 3.58. The average Bonchev–Trinajstić information content (AvgIpc) is 2.15. The second kappa shape index (κ2) is 5.40. The van der Waals surface area contributed by atoms with E-state index in [1.165, 1.54) is 0 Å². The molecule has 0 aromatic heterocycles. The van der Waals surface area contributed by atoms with Crippen molar-refractivity contribution in [3.63, 3.8) is 0 Å². The second-order valence-corrected chi connectivity index (χ2v) is 3.17. The number of Topliss-reactive ketones (excluding diaryl/α,β-unsaturated/α-hetero) is 1. The summed E-state index contributed by atoms with van der Waals surface area (Å²) in [5, 5.41) is 12.1. The fourth-order valence-corrected chi connectivity index (χ4v) is 1.22. The Bertz CT molecular complexity index is 310. The number of likely N-dealkylation sites (N-methyl/N-ethyl adjacent to an activating group) is 1. The van der Waals surface area contributed by atoms with Crippen molar-refractivity contribution in [1.29, 1.82) is 0 Å². The third-order valence-corrected chi connectivity index (χ3v) is 1.88. The molecule has 1 aromatic carbocycles. The fourth-order valence-electron chi connectivity index (χ4n) is 1.22. The van der Waals surface area contributed by atoms with Crippen LogP contribution in [-0.2, 0) is 11.2 Å². The lowest BCUT2D eigenvalue weighted by Crippen LogP contribution is -2.23. The van der Waals surface area contributed by atoms with Crippen LogP contribution in [0.2, 0.25) is 0 Å². The summed E-state index contributed by atoms with van der Waals surface area (Å²) in [6.45, 7) is 3.15. The van der Waals surface area contributed by atoms with Crippen LogP contribution in [0, 0.1) is 0 Å². The summed E-state index contributed by atoms with van der Waals surface area (Å²) in [4.78, 5) is 11.3. The third-order valence-electron chi connectivity index (χ3n) is 1.88. The molecule has 0 saturated carbocycles. The molecule has 0 aliphatic carbocycles. The Balaban J connectivity index is 2.47. The highest BCUT2D eigenvalue weighted by atomic mass is 16.3. The largest absolute Gasteiger partial charge is 0.508 e. The van der Waals surface area contributed by atoms with Crippen molar-refractivity contribution in [2.45, 2.75) is 13.3 Å². The van der Waals surface area contributed by atoms with Crippen molar-refractivity contribution in [2.75, 3.05) is 13.1 Å². The summed E-state index contributed by atoms with van der Waals surface area (Å²) in [6.07, 6.45) is 0.376. The number of ketones is 1. The molecule has 14 heavy (non-hydrogen) atoms. The molecule has 0 unspecified atom stereocenters. The molecule has 2 N–H and O–H groups in total. The van der Waals surface area contributed by atoms with E-state index in [4.69, 9.17) is 0 Å². The van der Waals surface area contributed by atoms with Gasteiger partial charge in [0, 0.05) is 6.42 Å². The van der Waals surface area contributed by atoms with Crippen molar-refractivity contribution in [1.82, 2.24) is 5.32 Å². The Hall–Kier alpha value is -1.35. The van der Waals surface area contributed by atoms with E-state index in [2.05, 4.69) is 5.32 Å². The molecule has 0 atom stereocenters. The molecule has 1 rings (SSSR count). The lowest BCUT2D eigenvalue weighted by atomic mass is 10.1. The summed E-state index contributed by atoms with van der Waals surface area (Å²) in [5.41, 5.74) is 0.855. The van der Waals surface area contributed by atoms with Crippen LogP contribution < -0.4 is 5.32 Å². The summed E-state index contributed by atoms with van der Waals surface area (Å²) in [5.74, 6) is 0.344. The van der Waals surface area contributed by atoms with E-state index >= 15 is 0 Å². The SMILES string of the molecule is CCNCC(=O)Cc1cccc(O)c1. The maximum absolute atomic E-state index is 11.3. The molecule has 0 aliphatic rings. The molecular weight excluding hydrogens is 178 g/mol. The van der Waals surface area contributed by atoms with Gasteiger partial charge in [0.05, 0.1) is 6.54 Å². The zero-order valence-electron chi connectivity index (χ0n) is 8.29. The van der Waals surface area contributed by atoms with E-state index in [1.54, 1.807) is 18.2 Å². The minimum atomic E-state index is 0.137. The molecule has 0 heterocycles. The Labute approximate surface area is 83.8 Å². The van der Waals surface area contributed by atoms with Gasteiger partial charge in [-0.2, -0.15) is 0 Å². The summed E-state index contributed by atoms with van der Waals surface area (Å²) < 4.78 is 0. The number of hydrogen-bond acceptors (Lipinski definition) is 3. The van der Waals surface area contributed by atoms with Gasteiger partial charge in [0.15, 0.2) is 5.78 Å². The summed E-state index contributed by atoms with van der Waals surface area (Å²) >= 11 is 0. The molecule has 3 nitrogen and oxygen atoms in total. The van der Waals surface area contributed by atoms with E-state index in [1.807, 2.05) is 13.0 Å².